The van der Waals surface area contributed by atoms with E-state index in [4.69, 9.17) is 4.74 Å². The van der Waals surface area contributed by atoms with Crippen LogP contribution < -0.4 is 4.74 Å². The normalized spacial score (nSPS) is 11.6. The van der Waals surface area contributed by atoms with Gasteiger partial charge in [0.1, 0.15) is 11.6 Å². The van der Waals surface area contributed by atoms with Crippen molar-refractivity contribution in [2.24, 2.45) is 0 Å². The number of methoxy groups -OCH3 is 1. The fraction of sp³-hybridized carbons (Fsp3) is 0.500. The van der Waals surface area contributed by atoms with Crippen LogP contribution in [-0.2, 0) is 5.41 Å². The minimum Gasteiger partial charge on any atom is -0.497 e. The zero-order valence-electron chi connectivity index (χ0n) is 9.44. The van der Waals surface area contributed by atoms with Gasteiger partial charge in [-0.15, -0.1) is 0 Å². The first kappa shape index (κ1) is 11.0. The van der Waals surface area contributed by atoms with Crippen LogP contribution in [0, 0.1) is 12.7 Å². The monoisotopic (exact) mass is 196 g/mol. The van der Waals surface area contributed by atoms with Crippen molar-refractivity contribution in [2.75, 3.05) is 7.11 Å². The molecule has 0 bridgehead atoms. The minimum atomic E-state index is -0.191. The summed E-state index contributed by atoms with van der Waals surface area (Å²) in [5.41, 5.74) is 1.15. The predicted molar refractivity (Wildman–Crippen MR) is 56.4 cm³/mol. The first-order valence-corrected chi connectivity index (χ1v) is 4.71. The highest BCUT2D eigenvalue weighted by Gasteiger charge is 2.20. The van der Waals surface area contributed by atoms with Gasteiger partial charge in [-0.2, -0.15) is 0 Å². The minimum absolute atomic E-state index is 0.127. The standard InChI is InChI=1S/C12H17FO/c1-8-6-9(14-5)7-10(11(8)13)12(2,3)4/h6-7H,1-5H3. The number of benzene rings is 1. The van der Waals surface area contributed by atoms with Crippen molar-refractivity contribution in [2.45, 2.75) is 33.1 Å². The van der Waals surface area contributed by atoms with Crippen molar-refractivity contribution >= 4 is 0 Å². The van der Waals surface area contributed by atoms with Gasteiger partial charge in [-0.05, 0) is 35.6 Å². The van der Waals surface area contributed by atoms with Crippen LogP contribution in [0.25, 0.3) is 0 Å². The van der Waals surface area contributed by atoms with Crippen molar-refractivity contribution in [1.82, 2.24) is 0 Å². The smallest absolute Gasteiger partial charge is 0.130 e. The van der Waals surface area contributed by atoms with Gasteiger partial charge in [-0.3, -0.25) is 0 Å². The number of aryl methyl sites for hydroxylation is 1. The Balaban J connectivity index is 3.35. The van der Waals surface area contributed by atoms with E-state index in [1.165, 1.54) is 0 Å². The maximum Gasteiger partial charge on any atom is 0.130 e. The Kier molecular flexibility index (Phi) is 2.84. The van der Waals surface area contributed by atoms with E-state index >= 15 is 0 Å². The van der Waals surface area contributed by atoms with Gasteiger partial charge >= 0.3 is 0 Å². The van der Waals surface area contributed by atoms with Gasteiger partial charge in [-0.25, -0.2) is 4.39 Å². The van der Waals surface area contributed by atoms with Crippen LogP contribution in [0.1, 0.15) is 31.9 Å². The molecule has 0 aromatic heterocycles. The lowest BCUT2D eigenvalue weighted by molar-refractivity contribution is 0.409. The Bertz CT molecular complexity index is 337. The van der Waals surface area contributed by atoms with Crippen molar-refractivity contribution in [3.8, 4) is 5.75 Å². The molecule has 0 heterocycles. The molecule has 0 atom stereocenters. The first-order valence-electron chi connectivity index (χ1n) is 4.71. The zero-order valence-corrected chi connectivity index (χ0v) is 9.44. The molecule has 0 saturated heterocycles. The van der Waals surface area contributed by atoms with E-state index in [-0.39, 0.29) is 11.2 Å². The summed E-state index contributed by atoms with van der Waals surface area (Å²) in [5, 5.41) is 0. The third-order valence-corrected chi connectivity index (χ3v) is 2.27. The Morgan fingerprint density at radius 1 is 1.21 bits per heavy atom. The Morgan fingerprint density at radius 2 is 1.79 bits per heavy atom. The first-order chi connectivity index (χ1) is 6.36. The lowest BCUT2D eigenvalue weighted by Crippen LogP contribution is -2.14. The molecular formula is C12H17FO. The zero-order chi connectivity index (χ0) is 10.9. The predicted octanol–water partition coefficient (Wildman–Crippen LogP) is 3.44. The summed E-state index contributed by atoms with van der Waals surface area (Å²) >= 11 is 0. The number of rotatable bonds is 1. The van der Waals surface area contributed by atoms with Crippen LogP contribution >= 0.6 is 0 Å². The number of halogens is 1. The van der Waals surface area contributed by atoms with Crippen LogP contribution in [-0.4, -0.2) is 7.11 Å². The molecule has 0 saturated carbocycles. The molecule has 0 aliphatic carbocycles. The highest BCUT2D eigenvalue weighted by atomic mass is 19.1. The summed E-state index contributed by atoms with van der Waals surface area (Å²) in [7, 11) is 1.60. The van der Waals surface area contributed by atoms with E-state index in [1.807, 2.05) is 20.8 Å². The molecule has 78 valence electrons. The molecule has 0 unspecified atom stereocenters. The molecule has 1 aromatic rings. The maximum absolute atomic E-state index is 13.8. The Labute approximate surface area is 84.9 Å². The summed E-state index contributed by atoms with van der Waals surface area (Å²) in [6.07, 6.45) is 0. The van der Waals surface area contributed by atoms with Gasteiger partial charge in [0.05, 0.1) is 7.11 Å². The molecule has 0 spiro atoms. The molecule has 0 radical (unpaired) electrons. The second kappa shape index (κ2) is 3.60. The molecule has 2 heteroatoms. The van der Waals surface area contributed by atoms with Crippen LogP contribution in [0.5, 0.6) is 5.75 Å². The fourth-order valence-corrected chi connectivity index (χ4v) is 1.40. The van der Waals surface area contributed by atoms with Crippen molar-refractivity contribution in [3.63, 3.8) is 0 Å². The maximum atomic E-state index is 13.8. The van der Waals surface area contributed by atoms with Crippen LogP contribution in [0.3, 0.4) is 0 Å². The molecule has 0 aliphatic heterocycles. The highest BCUT2D eigenvalue weighted by Crippen LogP contribution is 2.30. The average Bonchev–Trinajstić information content (AvgIpc) is 2.07. The van der Waals surface area contributed by atoms with Gasteiger partial charge in [0, 0.05) is 0 Å². The molecule has 1 nitrogen and oxygen atoms in total. The summed E-state index contributed by atoms with van der Waals surface area (Å²) in [4.78, 5) is 0. The molecule has 0 fully saturated rings. The van der Waals surface area contributed by atoms with E-state index in [0.29, 0.717) is 16.9 Å². The number of hydrogen-bond acceptors (Lipinski definition) is 1. The van der Waals surface area contributed by atoms with Gasteiger partial charge in [0.25, 0.3) is 0 Å². The largest absolute Gasteiger partial charge is 0.497 e. The lowest BCUT2D eigenvalue weighted by atomic mass is 9.85. The topological polar surface area (TPSA) is 9.23 Å². The van der Waals surface area contributed by atoms with Crippen molar-refractivity contribution in [3.05, 3.63) is 29.1 Å². The van der Waals surface area contributed by atoms with E-state index < -0.39 is 0 Å². The van der Waals surface area contributed by atoms with Gasteiger partial charge in [0.2, 0.25) is 0 Å². The van der Waals surface area contributed by atoms with E-state index in [9.17, 15) is 4.39 Å². The average molecular weight is 196 g/mol. The molecule has 0 aliphatic rings. The van der Waals surface area contributed by atoms with Gasteiger partial charge in [-0.1, -0.05) is 20.8 Å². The Morgan fingerprint density at radius 3 is 2.21 bits per heavy atom. The second-order valence-electron chi connectivity index (χ2n) is 4.56. The third-order valence-electron chi connectivity index (χ3n) is 2.27. The molecule has 14 heavy (non-hydrogen) atoms. The van der Waals surface area contributed by atoms with Crippen LogP contribution in [0.2, 0.25) is 0 Å². The number of ether oxygens (including phenoxy) is 1. The summed E-state index contributed by atoms with van der Waals surface area (Å²) in [5.74, 6) is 0.590. The molecular weight excluding hydrogens is 179 g/mol. The highest BCUT2D eigenvalue weighted by molar-refractivity contribution is 5.38. The Hall–Kier alpha value is -1.05. The summed E-state index contributed by atoms with van der Waals surface area (Å²) in [6, 6.07) is 3.48. The number of hydrogen-bond donors (Lipinski definition) is 0. The van der Waals surface area contributed by atoms with Crippen LogP contribution in [0.15, 0.2) is 12.1 Å². The summed E-state index contributed by atoms with van der Waals surface area (Å²) in [6.45, 7) is 7.73. The fourth-order valence-electron chi connectivity index (χ4n) is 1.40. The molecule has 1 aromatic carbocycles. The van der Waals surface area contributed by atoms with Gasteiger partial charge in [0.15, 0.2) is 0 Å². The molecule has 0 amide bonds. The second-order valence-corrected chi connectivity index (χ2v) is 4.56. The quantitative estimate of drug-likeness (QED) is 0.668. The van der Waals surface area contributed by atoms with Crippen LogP contribution in [0.4, 0.5) is 4.39 Å². The van der Waals surface area contributed by atoms with Crippen molar-refractivity contribution in [1.29, 1.82) is 0 Å². The van der Waals surface area contributed by atoms with E-state index in [1.54, 1.807) is 26.2 Å². The van der Waals surface area contributed by atoms with Gasteiger partial charge < -0.3 is 4.74 Å². The lowest BCUT2D eigenvalue weighted by Gasteiger charge is -2.21. The summed E-state index contributed by atoms with van der Waals surface area (Å²) < 4.78 is 18.9. The third kappa shape index (κ3) is 2.06. The molecule has 0 N–H and O–H groups in total. The van der Waals surface area contributed by atoms with Crippen molar-refractivity contribution < 1.29 is 9.13 Å². The SMILES string of the molecule is COc1cc(C)c(F)c(C(C)(C)C)c1. The van der Waals surface area contributed by atoms with E-state index in [0.717, 1.165) is 0 Å². The van der Waals surface area contributed by atoms with E-state index in [2.05, 4.69) is 0 Å². The molecule has 1 rings (SSSR count).